The molecule has 2 aromatic rings. The highest BCUT2D eigenvalue weighted by atomic mass is 16.5. The van der Waals surface area contributed by atoms with Crippen LogP contribution in [0.4, 0.5) is 5.69 Å². The van der Waals surface area contributed by atoms with Gasteiger partial charge in [0.25, 0.3) is 0 Å². The lowest BCUT2D eigenvalue weighted by Crippen LogP contribution is -2.36. The highest BCUT2D eigenvalue weighted by molar-refractivity contribution is 5.92. The van der Waals surface area contributed by atoms with Crippen molar-refractivity contribution in [2.75, 3.05) is 25.5 Å². The molecule has 2 aromatic carbocycles. The van der Waals surface area contributed by atoms with Gasteiger partial charge in [-0.05, 0) is 55.6 Å². The zero-order valence-corrected chi connectivity index (χ0v) is 15.7. The first-order chi connectivity index (χ1) is 12.7. The van der Waals surface area contributed by atoms with Crippen molar-refractivity contribution >= 4 is 11.6 Å². The Hall–Kier alpha value is -2.33. The number of hydrogen-bond donors (Lipinski definition) is 1. The molecule has 0 saturated carbocycles. The first-order valence-corrected chi connectivity index (χ1v) is 9.41. The molecule has 138 valence electrons. The van der Waals surface area contributed by atoms with Crippen molar-refractivity contribution in [2.24, 2.45) is 0 Å². The summed E-state index contributed by atoms with van der Waals surface area (Å²) in [6.45, 7) is 3.39. The van der Waals surface area contributed by atoms with Crippen LogP contribution in [0.1, 0.15) is 42.9 Å². The lowest BCUT2D eigenvalue weighted by Gasteiger charge is -2.30. The molecule has 1 aliphatic heterocycles. The van der Waals surface area contributed by atoms with Gasteiger partial charge in [-0.2, -0.15) is 0 Å². The fourth-order valence-electron chi connectivity index (χ4n) is 3.65. The van der Waals surface area contributed by atoms with E-state index in [4.69, 9.17) is 4.74 Å². The molecular weight excluding hydrogens is 324 g/mol. The molecule has 1 saturated heterocycles. The Morgan fingerprint density at radius 1 is 1.12 bits per heavy atom. The Bertz CT molecular complexity index is 727. The van der Waals surface area contributed by atoms with Crippen molar-refractivity contribution < 1.29 is 9.53 Å². The first kappa shape index (κ1) is 18.5. The van der Waals surface area contributed by atoms with E-state index in [1.807, 2.05) is 43.3 Å². The van der Waals surface area contributed by atoms with E-state index in [2.05, 4.69) is 22.3 Å². The number of carbonyl (C=O) groups excluding carboxylic acids is 1. The molecule has 0 radical (unpaired) electrons. The molecule has 26 heavy (non-hydrogen) atoms. The fraction of sp³-hybridized carbons (Fsp3) is 0.409. The molecule has 0 spiro atoms. The van der Waals surface area contributed by atoms with E-state index < -0.39 is 0 Å². The van der Waals surface area contributed by atoms with Gasteiger partial charge in [0.05, 0.1) is 13.7 Å². The summed E-state index contributed by atoms with van der Waals surface area (Å²) in [5, 5.41) is 3.07. The van der Waals surface area contributed by atoms with Crippen LogP contribution in [0.5, 0.6) is 5.75 Å². The van der Waals surface area contributed by atoms with Gasteiger partial charge in [-0.3, -0.25) is 9.69 Å². The lowest BCUT2D eigenvalue weighted by molar-refractivity contribution is -0.117. The maximum absolute atomic E-state index is 12.6. The zero-order valence-electron chi connectivity index (χ0n) is 15.7. The number of anilines is 1. The van der Waals surface area contributed by atoms with E-state index in [-0.39, 0.29) is 11.9 Å². The van der Waals surface area contributed by atoms with Gasteiger partial charge in [-0.15, -0.1) is 0 Å². The third-order valence-electron chi connectivity index (χ3n) is 5.13. The summed E-state index contributed by atoms with van der Waals surface area (Å²) in [5.41, 5.74) is 3.24. The second kappa shape index (κ2) is 8.86. The first-order valence-electron chi connectivity index (χ1n) is 9.41. The molecular formula is C22H28N2O2. The molecule has 0 aromatic heterocycles. The number of nitrogens with zero attached hydrogens (tertiary/aromatic N) is 1. The predicted molar refractivity (Wildman–Crippen MR) is 106 cm³/mol. The summed E-state index contributed by atoms with van der Waals surface area (Å²) < 4.78 is 5.27. The van der Waals surface area contributed by atoms with Crippen molar-refractivity contribution in [3.8, 4) is 5.75 Å². The summed E-state index contributed by atoms with van der Waals surface area (Å²) in [4.78, 5) is 15.0. The molecule has 0 aliphatic carbocycles. The number of methoxy groups -OCH3 is 1. The highest BCUT2D eigenvalue weighted by Gasteiger charge is 2.24. The minimum absolute atomic E-state index is 0.0553. The third-order valence-corrected chi connectivity index (χ3v) is 5.13. The number of amides is 1. The normalized spacial score (nSPS) is 18.2. The van der Waals surface area contributed by atoms with Crippen molar-refractivity contribution in [3.05, 3.63) is 59.7 Å². The average molecular weight is 352 g/mol. The van der Waals surface area contributed by atoms with E-state index in [1.165, 1.54) is 18.4 Å². The van der Waals surface area contributed by atoms with Crippen molar-refractivity contribution in [3.63, 3.8) is 0 Å². The number of rotatable bonds is 5. The molecule has 1 N–H and O–H groups in total. The highest BCUT2D eigenvalue weighted by Crippen LogP contribution is 2.31. The molecule has 1 heterocycles. The maximum atomic E-state index is 12.6. The standard InChI is InChI=1S/C22H28N2O2/c1-17-8-5-6-9-20(17)23-22(25)16-24-15-7-3-4-10-21(24)18-11-13-19(26-2)14-12-18/h5-6,8-9,11-14,21H,3-4,7,10,15-16H2,1-2H3,(H,23,25)/t21-/m0/s1. The van der Waals surface area contributed by atoms with Crippen LogP contribution in [0.3, 0.4) is 0 Å². The van der Waals surface area contributed by atoms with Crippen LogP contribution in [0.15, 0.2) is 48.5 Å². The zero-order chi connectivity index (χ0) is 18.4. The number of para-hydroxylation sites is 1. The van der Waals surface area contributed by atoms with Crippen molar-refractivity contribution in [1.82, 2.24) is 4.90 Å². The van der Waals surface area contributed by atoms with Crippen LogP contribution in [0.2, 0.25) is 0 Å². The minimum Gasteiger partial charge on any atom is -0.497 e. The molecule has 1 aliphatic rings. The van der Waals surface area contributed by atoms with E-state index in [0.717, 1.165) is 36.4 Å². The average Bonchev–Trinajstić information content (AvgIpc) is 2.89. The van der Waals surface area contributed by atoms with Crippen LogP contribution < -0.4 is 10.1 Å². The number of likely N-dealkylation sites (tertiary alicyclic amines) is 1. The van der Waals surface area contributed by atoms with Crippen molar-refractivity contribution in [1.29, 1.82) is 0 Å². The number of ether oxygens (including phenoxy) is 1. The Labute approximate surface area is 156 Å². The second-order valence-corrected chi connectivity index (χ2v) is 6.97. The van der Waals surface area contributed by atoms with Gasteiger partial charge in [-0.1, -0.05) is 43.2 Å². The van der Waals surface area contributed by atoms with Crippen molar-refractivity contribution in [2.45, 2.75) is 38.6 Å². The van der Waals surface area contributed by atoms with Crippen LogP contribution in [0.25, 0.3) is 0 Å². The topological polar surface area (TPSA) is 41.6 Å². The summed E-state index contributed by atoms with van der Waals surface area (Å²) in [6.07, 6.45) is 4.66. The Morgan fingerprint density at radius 2 is 1.88 bits per heavy atom. The molecule has 4 heteroatoms. The third kappa shape index (κ3) is 4.64. The minimum atomic E-state index is 0.0553. The number of benzene rings is 2. The monoisotopic (exact) mass is 352 g/mol. The van der Waals surface area contributed by atoms with Gasteiger partial charge in [0, 0.05) is 11.7 Å². The van der Waals surface area contributed by atoms with E-state index in [9.17, 15) is 4.79 Å². The van der Waals surface area contributed by atoms with E-state index in [1.54, 1.807) is 7.11 Å². The Balaban J connectivity index is 1.71. The second-order valence-electron chi connectivity index (χ2n) is 6.97. The van der Waals surface area contributed by atoms with E-state index in [0.29, 0.717) is 6.54 Å². The van der Waals surface area contributed by atoms with Gasteiger partial charge in [0.2, 0.25) is 5.91 Å². The molecule has 4 nitrogen and oxygen atoms in total. The molecule has 1 amide bonds. The number of nitrogens with one attached hydrogen (secondary N) is 1. The Morgan fingerprint density at radius 3 is 2.62 bits per heavy atom. The van der Waals surface area contributed by atoms with Crippen LogP contribution in [-0.2, 0) is 4.79 Å². The number of carbonyl (C=O) groups is 1. The molecule has 3 rings (SSSR count). The molecule has 0 unspecified atom stereocenters. The van der Waals surface area contributed by atoms with Crippen LogP contribution in [0, 0.1) is 6.92 Å². The fourth-order valence-corrected chi connectivity index (χ4v) is 3.65. The smallest absolute Gasteiger partial charge is 0.238 e. The largest absolute Gasteiger partial charge is 0.497 e. The lowest BCUT2D eigenvalue weighted by atomic mass is 10.0. The molecule has 1 fully saturated rings. The predicted octanol–water partition coefficient (Wildman–Crippen LogP) is 4.56. The Kier molecular flexibility index (Phi) is 6.29. The van der Waals surface area contributed by atoms with Gasteiger partial charge in [0.1, 0.15) is 5.75 Å². The van der Waals surface area contributed by atoms with Gasteiger partial charge in [-0.25, -0.2) is 0 Å². The molecule has 0 bridgehead atoms. The SMILES string of the molecule is COc1ccc([C@@H]2CCCCCN2CC(=O)Nc2ccccc2C)cc1. The summed E-state index contributed by atoms with van der Waals surface area (Å²) in [6, 6.07) is 16.5. The van der Waals surface area contributed by atoms with Crippen LogP contribution >= 0.6 is 0 Å². The van der Waals surface area contributed by atoms with Gasteiger partial charge in [0.15, 0.2) is 0 Å². The summed E-state index contributed by atoms with van der Waals surface area (Å²) in [7, 11) is 1.68. The molecule has 1 atom stereocenters. The number of aryl methyl sites for hydroxylation is 1. The van der Waals surface area contributed by atoms with Gasteiger partial charge >= 0.3 is 0 Å². The quantitative estimate of drug-likeness (QED) is 0.858. The maximum Gasteiger partial charge on any atom is 0.238 e. The van der Waals surface area contributed by atoms with E-state index >= 15 is 0 Å². The van der Waals surface area contributed by atoms with Gasteiger partial charge < -0.3 is 10.1 Å². The number of hydrogen-bond acceptors (Lipinski definition) is 3. The summed E-state index contributed by atoms with van der Waals surface area (Å²) in [5.74, 6) is 0.922. The summed E-state index contributed by atoms with van der Waals surface area (Å²) >= 11 is 0. The van der Waals surface area contributed by atoms with Crippen LogP contribution in [-0.4, -0.2) is 31.0 Å².